The van der Waals surface area contributed by atoms with Gasteiger partial charge in [0, 0.05) is 0 Å². The van der Waals surface area contributed by atoms with E-state index in [1.807, 2.05) is 30.3 Å². The SMILES string of the molecule is Fc1c[c]c(-c2ccccc2)cc1. The average Bonchev–Trinajstić information content (AvgIpc) is 2.20. The van der Waals surface area contributed by atoms with Gasteiger partial charge in [0.15, 0.2) is 0 Å². The van der Waals surface area contributed by atoms with Gasteiger partial charge in [0.2, 0.25) is 0 Å². The van der Waals surface area contributed by atoms with Crippen molar-refractivity contribution in [3.05, 3.63) is 60.4 Å². The van der Waals surface area contributed by atoms with Crippen LogP contribution in [0.2, 0.25) is 0 Å². The molecule has 0 aromatic heterocycles. The summed E-state index contributed by atoms with van der Waals surface area (Å²) in [6.45, 7) is 0. The van der Waals surface area contributed by atoms with E-state index in [0.717, 1.165) is 11.1 Å². The Labute approximate surface area is 76.7 Å². The molecule has 0 saturated heterocycles. The molecule has 2 aromatic rings. The molecule has 0 heterocycles. The van der Waals surface area contributed by atoms with Gasteiger partial charge < -0.3 is 0 Å². The Morgan fingerprint density at radius 3 is 2.31 bits per heavy atom. The Kier molecular flexibility index (Phi) is 2.09. The molecule has 0 aliphatic rings. The van der Waals surface area contributed by atoms with Crippen molar-refractivity contribution in [1.29, 1.82) is 0 Å². The van der Waals surface area contributed by atoms with Crippen LogP contribution in [0.3, 0.4) is 0 Å². The molecular formula is C12H8F. The van der Waals surface area contributed by atoms with E-state index in [9.17, 15) is 4.39 Å². The highest BCUT2D eigenvalue weighted by atomic mass is 19.1. The highest BCUT2D eigenvalue weighted by Crippen LogP contribution is 2.17. The summed E-state index contributed by atoms with van der Waals surface area (Å²) in [6, 6.07) is 17.2. The molecule has 2 rings (SSSR count). The Balaban J connectivity index is 2.42. The van der Waals surface area contributed by atoms with Crippen molar-refractivity contribution in [3.63, 3.8) is 0 Å². The summed E-state index contributed by atoms with van der Waals surface area (Å²) in [6.07, 6.45) is 0. The maximum absolute atomic E-state index is 12.6. The Hall–Kier alpha value is -1.63. The molecule has 0 bridgehead atoms. The van der Waals surface area contributed by atoms with Crippen LogP contribution in [0.25, 0.3) is 11.1 Å². The van der Waals surface area contributed by atoms with Crippen LogP contribution in [0, 0.1) is 11.9 Å². The fourth-order valence-corrected chi connectivity index (χ4v) is 1.20. The van der Waals surface area contributed by atoms with Gasteiger partial charge in [-0.3, -0.25) is 0 Å². The summed E-state index contributed by atoms with van der Waals surface area (Å²) in [5.41, 5.74) is 1.98. The topological polar surface area (TPSA) is 0 Å². The summed E-state index contributed by atoms with van der Waals surface area (Å²) in [7, 11) is 0. The molecule has 2 aromatic carbocycles. The molecular weight excluding hydrogens is 163 g/mol. The molecule has 1 heteroatoms. The van der Waals surface area contributed by atoms with Gasteiger partial charge in [0.1, 0.15) is 5.82 Å². The lowest BCUT2D eigenvalue weighted by molar-refractivity contribution is 0.628. The van der Waals surface area contributed by atoms with E-state index >= 15 is 0 Å². The van der Waals surface area contributed by atoms with Gasteiger partial charge >= 0.3 is 0 Å². The van der Waals surface area contributed by atoms with Crippen LogP contribution >= 0.6 is 0 Å². The summed E-state index contributed by atoms with van der Waals surface area (Å²) >= 11 is 0. The first-order valence-corrected chi connectivity index (χ1v) is 4.09. The van der Waals surface area contributed by atoms with Crippen molar-refractivity contribution in [2.75, 3.05) is 0 Å². The van der Waals surface area contributed by atoms with E-state index in [-0.39, 0.29) is 5.82 Å². The monoisotopic (exact) mass is 171 g/mol. The maximum atomic E-state index is 12.6. The van der Waals surface area contributed by atoms with Gasteiger partial charge in [-0.2, -0.15) is 0 Å². The van der Waals surface area contributed by atoms with E-state index in [1.54, 1.807) is 6.07 Å². The standard InChI is InChI=1S/C12H8F/c13-12-8-6-11(7-9-12)10-4-2-1-3-5-10/h1-6,8-9H. The number of hydrogen-bond donors (Lipinski definition) is 0. The Bertz CT molecular complexity index is 376. The van der Waals surface area contributed by atoms with Crippen LogP contribution < -0.4 is 0 Å². The molecule has 0 saturated carbocycles. The zero-order chi connectivity index (χ0) is 9.10. The van der Waals surface area contributed by atoms with Crippen LogP contribution in [0.1, 0.15) is 0 Å². The van der Waals surface area contributed by atoms with Crippen LogP contribution in [0.15, 0.2) is 48.5 Å². The third-order valence-corrected chi connectivity index (χ3v) is 1.86. The van der Waals surface area contributed by atoms with Crippen molar-refractivity contribution >= 4 is 0 Å². The van der Waals surface area contributed by atoms with Crippen LogP contribution in [0.5, 0.6) is 0 Å². The number of hydrogen-bond acceptors (Lipinski definition) is 0. The number of halogens is 1. The molecule has 1 radical (unpaired) electrons. The fraction of sp³-hybridized carbons (Fsp3) is 0. The molecule has 0 aliphatic heterocycles. The van der Waals surface area contributed by atoms with E-state index < -0.39 is 0 Å². The second-order valence-corrected chi connectivity index (χ2v) is 2.79. The van der Waals surface area contributed by atoms with E-state index in [1.165, 1.54) is 12.1 Å². The molecule has 0 unspecified atom stereocenters. The average molecular weight is 171 g/mol. The van der Waals surface area contributed by atoms with E-state index in [0.29, 0.717) is 0 Å². The molecule has 0 atom stereocenters. The van der Waals surface area contributed by atoms with E-state index in [4.69, 9.17) is 0 Å². The molecule has 63 valence electrons. The first-order valence-electron chi connectivity index (χ1n) is 4.09. The number of rotatable bonds is 1. The van der Waals surface area contributed by atoms with Gasteiger partial charge in [0.25, 0.3) is 0 Å². The third-order valence-electron chi connectivity index (χ3n) is 1.86. The summed E-state index contributed by atoms with van der Waals surface area (Å²) in [4.78, 5) is 0. The molecule has 0 fully saturated rings. The minimum absolute atomic E-state index is 0.250. The molecule has 0 spiro atoms. The lowest BCUT2D eigenvalue weighted by Crippen LogP contribution is -1.78. The second-order valence-electron chi connectivity index (χ2n) is 2.79. The van der Waals surface area contributed by atoms with Gasteiger partial charge in [-0.25, -0.2) is 4.39 Å². The van der Waals surface area contributed by atoms with Crippen molar-refractivity contribution in [3.8, 4) is 11.1 Å². The van der Waals surface area contributed by atoms with Crippen LogP contribution in [0.4, 0.5) is 4.39 Å². The van der Waals surface area contributed by atoms with Crippen molar-refractivity contribution in [2.24, 2.45) is 0 Å². The predicted octanol–water partition coefficient (Wildman–Crippen LogP) is 3.29. The Morgan fingerprint density at radius 1 is 0.923 bits per heavy atom. The van der Waals surface area contributed by atoms with Gasteiger partial charge in [-0.1, -0.05) is 36.4 Å². The smallest absolute Gasteiger partial charge is 0.123 e. The van der Waals surface area contributed by atoms with Crippen molar-refractivity contribution < 1.29 is 4.39 Å². The minimum Gasteiger partial charge on any atom is -0.207 e. The van der Waals surface area contributed by atoms with Crippen molar-refractivity contribution in [2.45, 2.75) is 0 Å². The first kappa shape index (κ1) is 7.99. The minimum atomic E-state index is -0.250. The molecule has 0 N–H and O–H groups in total. The maximum Gasteiger partial charge on any atom is 0.123 e. The molecule has 0 nitrogen and oxygen atoms in total. The molecule has 13 heavy (non-hydrogen) atoms. The van der Waals surface area contributed by atoms with Gasteiger partial charge in [-0.15, -0.1) is 0 Å². The number of benzene rings is 2. The van der Waals surface area contributed by atoms with Crippen LogP contribution in [-0.2, 0) is 0 Å². The fourth-order valence-electron chi connectivity index (χ4n) is 1.20. The Morgan fingerprint density at radius 2 is 1.69 bits per heavy atom. The first-order chi connectivity index (χ1) is 6.36. The third kappa shape index (κ3) is 1.75. The highest BCUT2D eigenvalue weighted by molar-refractivity contribution is 5.62. The van der Waals surface area contributed by atoms with Gasteiger partial charge in [0.05, 0.1) is 0 Å². The highest BCUT2D eigenvalue weighted by Gasteiger charge is 1.95. The lowest BCUT2D eigenvalue weighted by atomic mass is 10.1. The zero-order valence-corrected chi connectivity index (χ0v) is 7.00. The normalized spacial score (nSPS) is 9.92. The summed E-state index contributed by atoms with van der Waals surface area (Å²) < 4.78 is 12.6. The van der Waals surface area contributed by atoms with E-state index in [2.05, 4.69) is 6.07 Å². The predicted molar refractivity (Wildman–Crippen MR) is 50.7 cm³/mol. The lowest BCUT2D eigenvalue weighted by Gasteiger charge is -1.99. The quantitative estimate of drug-likeness (QED) is 0.617. The summed E-state index contributed by atoms with van der Waals surface area (Å²) in [5.74, 6) is -0.250. The van der Waals surface area contributed by atoms with Crippen LogP contribution in [-0.4, -0.2) is 0 Å². The second kappa shape index (κ2) is 3.40. The van der Waals surface area contributed by atoms with Crippen molar-refractivity contribution in [1.82, 2.24) is 0 Å². The molecule has 0 aliphatic carbocycles. The van der Waals surface area contributed by atoms with Gasteiger partial charge in [-0.05, 0) is 29.3 Å². The summed E-state index contributed by atoms with van der Waals surface area (Å²) in [5, 5.41) is 0. The zero-order valence-electron chi connectivity index (χ0n) is 7.00. The largest absolute Gasteiger partial charge is 0.207 e. The molecule has 0 amide bonds.